The number of carbonyl (C=O) groups excluding carboxylic acids is 2. The summed E-state index contributed by atoms with van der Waals surface area (Å²) in [6.07, 6.45) is 0.0581. The van der Waals surface area contributed by atoms with Gasteiger partial charge in [-0.1, -0.05) is 48.5 Å². The molecule has 168 valence electrons. The van der Waals surface area contributed by atoms with Gasteiger partial charge in [0.2, 0.25) is 5.91 Å². The molecule has 0 atom stereocenters. The van der Waals surface area contributed by atoms with Crippen LogP contribution in [-0.2, 0) is 17.8 Å². The number of aromatic nitrogens is 1. The third-order valence-corrected chi connectivity index (χ3v) is 5.32. The Labute approximate surface area is 190 Å². The van der Waals surface area contributed by atoms with Crippen molar-refractivity contribution in [2.75, 3.05) is 13.1 Å². The molecule has 0 aliphatic heterocycles. The molecule has 2 N–H and O–H groups in total. The summed E-state index contributed by atoms with van der Waals surface area (Å²) in [5.74, 6) is -1.30. The number of carbonyl (C=O) groups is 2. The molecular formula is C26H23F2N3O2. The maximum absolute atomic E-state index is 14.2. The van der Waals surface area contributed by atoms with Crippen LogP contribution in [0.15, 0.2) is 78.9 Å². The van der Waals surface area contributed by atoms with Crippen LogP contribution in [0.4, 0.5) is 8.78 Å². The molecule has 4 rings (SSSR count). The van der Waals surface area contributed by atoms with Gasteiger partial charge >= 0.3 is 0 Å². The number of nitrogens with one attached hydrogen (secondary N) is 2. The van der Waals surface area contributed by atoms with E-state index < -0.39 is 5.82 Å². The molecule has 2 amide bonds. The Morgan fingerprint density at radius 1 is 0.818 bits per heavy atom. The van der Waals surface area contributed by atoms with Gasteiger partial charge in [0.05, 0.1) is 13.0 Å². The number of hydrogen-bond donors (Lipinski definition) is 2. The lowest BCUT2D eigenvalue weighted by Gasteiger charge is -2.12. The van der Waals surface area contributed by atoms with Crippen molar-refractivity contribution in [1.29, 1.82) is 0 Å². The smallest absolute Gasteiger partial charge is 0.268 e. The molecule has 0 spiro atoms. The zero-order chi connectivity index (χ0) is 23.2. The van der Waals surface area contributed by atoms with E-state index in [2.05, 4.69) is 10.6 Å². The molecular weight excluding hydrogens is 424 g/mol. The molecule has 0 saturated carbocycles. The minimum Gasteiger partial charge on any atom is -0.354 e. The number of halogens is 2. The zero-order valence-electron chi connectivity index (χ0n) is 17.9. The molecule has 0 unspecified atom stereocenters. The fraction of sp³-hybridized carbons (Fsp3) is 0.154. The van der Waals surface area contributed by atoms with Crippen LogP contribution in [-0.4, -0.2) is 29.5 Å². The van der Waals surface area contributed by atoms with Gasteiger partial charge in [-0.15, -0.1) is 0 Å². The van der Waals surface area contributed by atoms with Crippen LogP contribution < -0.4 is 10.6 Å². The van der Waals surface area contributed by atoms with Gasteiger partial charge in [-0.3, -0.25) is 9.59 Å². The zero-order valence-corrected chi connectivity index (χ0v) is 17.9. The average Bonchev–Trinajstić information content (AvgIpc) is 3.17. The molecule has 1 aromatic heterocycles. The van der Waals surface area contributed by atoms with Crippen molar-refractivity contribution in [1.82, 2.24) is 15.2 Å². The first-order chi connectivity index (χ1) is 16.0. The Balaban J connectivity index is 1.40. The summed E-state index contributed by atoms with van der Waals surface area (Å²) in [7, 11) is 0. The largest absolute Gasteiger partial charge is 0.354 e. The molecule has 0 saturated heterocycles. The molecule has 0 aliphatic carbocycles. The van der Waals surface area contributed by atoms with E-state index in [1.807, 2.05) is 24.3 Å². The first-order valence-electron chi connectivity index (χ1n) is 10.6. The van der Waals surface area contributed by atoms with Gasteiger partial charge in [0, 0.05) is 29.6 Å². The summed E-state index contributed by atoms with van der Waals surface area (Å²) in [6, 6.07) is 21.7. The first kappa shape index (κ1) is 22.2. The molecule has 7 heteroatoms. The number of rotatable bonds is 8. The molecule has 4 aromatic rings. The Morgan fingerprint density at radius 2 is 1.58 bits per heavy atom. The highest BCUT2D eigenvalue weighted by Crippen LogP contribution is 2.22. The predicted octanol–water partition coefficient (Wildman–Crippen LogP) is 4.06. The molecule has 0 radical (unpaired) electrons. The molecule has 0 fully saturated rings. The van der Waals surface area contributed by atoms with E-state index in [0.717, 1.165) is 10.9 Å². The Morgan fingerprint density at radius 3 is 2.39 bits per heavy atom. The van der Waals surface area contributed by atoms with Gasteiger partial charge < -0.3 is 15.2 Å². The van der Waals surface area contributed by atoms with Gasteiger partial charge in [-0.05, 0) is 35.9 Å². The number of nitrogens with zero attached hydrogens (tertiary/aromatic N) is 1. The average molecular weight is 447 g/mol. The number of fused-ring (bicyclic) bond motifs is 1. The number of para-hydroxylation sites is 1. The molecule has 33 heavy (non-hydrogen) atoms. The van der Waals surface area contributed by atoms with E-state index in [0.29, 0.717) is 16.8 Å². The van der Waals surface area contributed by atoms with E-state index in [9.17, 15) is 18.4 Å². The highest BCUT2D eigenvalue weighted by atomic mass is 19.1. The van der Waals surface area contributed by atoms with Crippen LogP contribution in [0.3, 0.4) is 0 Å². The van der Waals surface area contributed by atoms with Crippen LogP contribution in [0, 0.1) is 11.6 Å². The Kier molecular flexibility index (Phi) is 6.78. The molecule has 1 heterocycles. The van der Waals surface area contributed by atoms with E-state index in [1.54, 1.807) is 41.0 Å². The predicted molar refractivity (Wildman–Crippen MR) is 123 cm³/mol. The van der Waals surface area contributed by atoms with Crippen LogP contribution in [0.1, 0.15) is 21.6 Å². The van der Waals surface area contributed by atoms with E-state index in [1.165, 1.54) is 18.2 Å². The SMILES string of the molecule is O=C(Cc1cccc(F)c1)NCCNC(=O)c1cc2ccccc2n1Cc1ccccc1F. The molecule has 0 bridgehead atoms. The Bertz CT molecular complexity index is 1300. The van der Waals surface area contributed by atoms with E-state index in [-0.39, 0.29) is 43.7 Å². The van der Waals surface area contributed by atoms with Gasteiger partial charge in [0.15, 0.2) is 0 Å². The Hall–Kier alpha value is -4.00. The van der Waals surface area contributed by atoms with Crippen LogP contribution in [0.2, 0.25) is 0 Å². The minimum atomic E-state index is -0.390. The normalized spacial score (nSPS) is 10.8. The summed E-state index contributed by atoms with van der Waals surface area (Å²) in [5, 5.41) is 6.39. The third-order valence-electron chi connectivity index (χ3n) is 5.32. The number of hydrogen-bond acceptors (Lipinski definition) is 2. The fourth-order valence-corrected chi connectivity index (χ4v) is 3.73. The van der Waals surface area contributed by atoms with Crippen molar-refractivity contribution in [2.24, 2.45) is 0 Å². The highest BCUT2D eigenvalue weighted by Gasteiger charge is 2.16. The summed E-state index contributed by atoms with van der Waals surface area (Å²) >= 11 is 0. The van der Waals surface area contributed by atoms with Crippen molar-refractivity contribution in [3.8, 4) is 0 Å². The van der Waals surface area contributed by atoms with Gasteiger partial charge in [-0.25, -0.2) is 8.78 Å². The summed E-state index contributed by atoms with van der Waals surface area (Å²) in [4.78, 5) is 25.0. The quantitative estimate of drug-likeness (QED) is 0.400. The topological polar surface area (TPSA) is 63.1 Å². The lowest BCUT2D eigenvalue weighted by molar-refractivity contribution is -0.120. The van der Waals surface area contributed by atoms with Crippen LogP contribution in [0.5, 0.6) is 0 Å². The van der Waals surface area contributed by atoms with Gasteiger partial charge in [-0.2, -0.15) is 0 Å². The summed E-state index contributed by atoms with van der Waals surface area (Å²) in [5.41, 5.74) is 2.30. The van der Waals surface area contributed by atoms with Crippen molar-refractivity contribution >= 4 is 22.7 Å². The van der Waals surface area contributed by atoms with Gasteiger partial charge in [0.25, 0.3) is 5.91 Å². The molecule has 5 nitrogen and oxygen atoms in total. The third kappa shape index (κ3) is 5.44. The second-order valence-corrected chi connectivity index (χ2v) is 7.68. The minimum absolute atomic E-state index is 0.0581. The van der Waals surface area contributed by atoms with Crippen molar-refractivity contribution in [3.63, 3.8) is 0 Å². The van der Waals surface area contributed by atoms with Crippen molar-refractivity contribution < 1.29 is 18.4 Å². The number of benzene rings is 3. The molecule has 0 aliphatic rings. The standard InChI is InChI=1S/C26H23F2N3O2/c27-21-9-5-6-18(14-21)15-25(32)29-12-13-30-26(33)24-16-19-7-2-4-11-23(19)31(24)17-20-8-1-3-10-22(20)28/h1-11,14,16H,12-13,15,17H2,(H,29,32)(H,30,33). The van der Waals surface area contributed by atoms with E-state index >= 15 is 0 Å². The highest BCUT2D eigenvalue weighted by molar-refractivity contribution is 5.98. The van der Waals surface area contributed by atoms with Crippen molar-refractivity contribution in [3.05, 3.63) is 107 Å². The van der Waals surface area contributed by atoms with Crippen LogP contribution in [0.25, 0.3) is 10.9 Å². The molecule has 3 aromatic carbocycles. The van der Waals surface area contributed by atoms with Crippen molar-refractivity contribution in [2.45, 2.75) is 13.0 Å². The summed E-state index contributed by atoms with van der Waals surface area (Å²) < 4.78 is 29.3. The second kappa shape index (κ2) is 10.1. The monoisotopic (exact) mass is 447 g/mol. The fourth-order valence-electron chi connectivity index (χ4n) is 3.73. The second-order valence-electron chi connectivity index (χ2n) is 7.68. The first-order valence-corrected chi connectivity index (χ1v) is 10.6. The number of amides is 2. The summed E-state index contributed by atoms with van der Waals surface area (Å²) in [6.45, 7) is 0.662. The van der Waals surface area contributed by atoms with Crippen LogP contribution >= 0.6 is 0 Å². The maximum Gasteiger partial charge on any atom is 0.268 e. The maximum atomic E-state index is 14.2. The van der Waals surface area contributed by atoms with Gasteiger partial charge in [0.1, 0.15) is 17.3 Å². The lowest BCUT2D eigenvalue weighted by atomic mass is 10.1. The lowest BCUT2D eigenvalue weighted by Crippen LogP contribution is -2.36. The van der Waals surface area contributed by atoms with E-state index in [4.69, 9.17) is 0 Å².